The zero-order valence-electron chi connectivity index (χ0n) is 17.1. The summed E-state index contributed by atoms with van der Waals surface area (Å²) < 4.78 is 30.2. The minimum atomic E-state index is -3.09. The van der Waals surface area contributed by atoms with Gasteiger partial charge < -0.3 is 9.64 Å². The molecule has 0 aliphatic carbocycles. The molecule has 0 unspecified atom stereocenters. The van der Waals surface area contributed by atoms with Crippen LogP contribution in [0.15, 0.2) is 54.6 Å². The number of carbonyl (C=O) groups is 1. The lowest BCUT2D eigenvalue weighted by molar-refractivity contribution is -0.134. The largest absolute Gasteiger partial charge is 0.489 e. The first-order chi connectivity index (χ1) is 13.8. The highest BCUT2D eigenvalue weighted by atomic mass is 32.2. The van der Waals surface area contributed by atoms with Gasteiger partial charge in [0, 0.05) is 19.5 Å². The first-order valence-electron chi connectivity index (χ1n) is 10.1. The van der Waals surface area contributed by atoms with Gasteiger partial charge in [0.25, 0.3) is 0 Å². The fourth-order valence-corrected chi connectivity index (χ4v) is 5.39. The van der Waals surface area contributed by atoms with Gasteiger partial charge in [-0.3, -0.25) is 4.79 Å². The standard InChI is InChI=1S/C23H29NO4S/c1-18(2)17-29(26,27)22-14-24(15-22)23(25)13-10-19-8-11-21(12-9-19)28-16-20-6-4-3-5-7-20/h3-9,11-12,18,22H,10,13-17H2,1-2H3. The van der Waals surface area contributed by atoms with Crippen LogP contribution in [-0.2, 0) is 27.7 Å². The molecular formula is C23H29NO4S. The van der Waals surface area contributed by atoms with Crippen LogP contribution in [0.25, 0.3) is 0 Å². The molecule has 2 aromatic carbocycles. The molecule has 0 bridgehead atoms. The van der Waals surface area contributed by atoms with E-state index in [1.54, 1.807) is 4.90 Å². The third-order valence-corrected chi connectivity index (χ3v) is 7.52. The number of hydrogen-bond donors (Lipinski definition) is 0. The van der Waals surface area contributed by atoms with Gasteiger partial charge in [-0.2, -0.15) is 0 Å². The van der Waals surface area contributed by atoms with Gasteiger partial charge in [-0.15, -0.1) is 0 Å². The highest BCUT2D eigenvalue weighted by Crippen LogP contribution is 2.21. The van der Waals surface area contributed by atoms with Crippen LogP contribution in [0.5, 0.6) is 5.75 Å². The van der Waals surface area contributed by atoms with E-state index in [1.165, 1.54) is 0 Å². The van der Waals surface area contributed by atoms with Gasteiger partial charge in [0.1, 0.15) is 12.4 Å². The van der Waals surface area contributed by atoms with Gasteiger partial charge in [0.15, 0.2) is 9.84 Å². The monoisotopic (exact) mass is 415 g/mol. The number of carbonyl (C=O) groups excluding carboxylic acids is 1. The Hall–Kier alpha value is -2.34. The van der Waals surface area contributed by atoms with Crippen LogP contribution in [0, 0.1) is 5.92 Å². The number of amides is 1. The van der Waals surface area contributed by atoms with Gasteiger partial charge in [-0.05, 0) is 35.6 Å². The van der Waals surface area contributed by atoms with Crippen molar-refractivity contribution < 1.29 is 17.9 Å². The Kier molecular flexibility index (Phi) is 6.96. The van der Waals surface area contributed by atoms with Crippen LogP contribution < -0.4 is 4.74 Å². The van der Waals surface area contributed by atoms with Crippen molar-refractivity contribution in [2.24, 2.45) is 5.92 Å². The lowest BCUT2D eigenvalue weighted by atomic mass is 10.1. The summed E-state index contributed by atoms with van der Waals surface area (Å²) in [6.45, 7) is 4.99. The van der Waals surface area contributed by atoms with E-state index in [9.17, 15) is 13.2 Å². The quantitative estimate of drug-likeness (QED) is 0.629. The van der Waals surface area contributed by atoms with Gasteiger partial charge in [0.05, 0.1) is 11.0 Å². The SMILES string of the molecule is CC(C)CS(=O)(=O)C1CN(C(=O)CCc2ccc(OCc3ccccc3)cc2)C1. The van der Waals surface area contributed by atoms with Crippen LogP contribution >= 0.6 is 0 Å². The number of sulfone groups is 1. The summed E-state index contributed by atoms with van der Waals surface area (Å²) in [5, 5.41) is -0.394. The van der Waals surface area contributed by atoms with E-state index in [2.05, 4.69) is 0 Å². The summed E-state index contributed by atoms with van der Waals surface area (Å²) in [7, 11) is -3.09. The second-order valence-electron chi connectivity index (χ2n) is 8.06. The Morgan fingerprint density at radius 1 is 1.03 bits per heavy atom. The van der Waals surface area contributed by atoms with Crippen LogP contribution in [0.4, 0.5) is 0 Å². The summed E-state index contributed by atoms with van der Waals surface area (Å²) in [6, 6.07) is 17.8. The Morgan fingerprint density at radius 3 is 2.31 bits per heavy atom. The van der Waals surface area contributed by atoms with E-state index in [0.717, 1.165) is 16.9 Å². The highest BCUT2D eigenvalue weighted by Gasteiger charge is 2.39. The molecule has 0 atom stereocenters. The normalized spacial score (nSPS) is 14.7. The highest BCUT2D eigenvalue weighted by molar-refractivity contribution is 7.92. The van der Waals surface area contributed by atoms with E-state index in [1.807, 2.05) is 68.4 Å². The van der Waals surface area contributed by atoms with Crippen molar-refractivity contribution in [3.63, 3.8) is 0 Å². The number of benzene rings is 2. The van der Waals surface area contributed by atoms with E-state index < -0.39 is 15.1 Å². The predicted molar refractivity (Wildman–Crippen MR) is 115 cm³/mol. The molecule has 2 aromatic rings. The first-order valence-corrected chi connectivity index (χ1v) is 11.8. The maximum absolute atomic E-state index is 12.3. The van der Waals surface area contributed by atoms with E-state index in [0.29, 0.717) is 32.5 Å². The zero-order valence-corrected chi connectivity index (χ0v) is 17.9. The maximum Gasteiger partial charge on any atom is 0.222 e. The van der Waals surface area contributed by atoms with Crippen LogP contribution in [0.3, 0.4) is 0 Å². The van der Waals surface area contributed by atoms with Crippen molar-refractivity contribution in [3.05, 3.63) is 65.7 Å². The summed E-state index contributed by atoms with van der Waals surface area (Å²) in [5.41, 5.74) is 2.18. The van der Waals surface area contributed by atoms with E-state index in [-0.39, 0.29) is 17.6 Å². The number of aryl methyl sites for hydroxylation is 1. The average Bonchev–Trinajstić information content (AvgIpc) is 2.64. The van der Waals surface area contributed by atoms with E-state index in [4.69, 9.17) is 4.74 Å². The molecule has 6 heteroatoms. The topological polar surface area (TPSA) is 63.7 Å². The van der Waals surface area contributed by atoms with Crippen molar-refractivity contribution in [1.29, 1.82) is 0 Å². The smallest absolute Gasteiger partial charge is 0.222 e. The molecule has 0 N–H and O–H groups in total. The molecule has 0 aromatic heterocycles. The Balaban J connectivity index is 1.41. The number of ether oxygens (including phenoxy) is 1. The summed E-state index contributed by atoms with van der Waals surface area (Å²) >= 11 is 0. The molecule has 29 heavy (non-hydrogen) atoms. The van der Waals surface area contributed by atoms with Crippen molar-refractivity contribution in [3.8, 4) is 5.75 Å². The van der Waals surface area contributed by atoms with Crippen LogP contribution in [-0.4, -0.2) is 43.3 Å². The zero-order chi connectivity index (χ0) is 20.9. The third-order valence-electron chi connectivity index (χ3n) is 5.07. The van der Waals surface area contributed by atoms with Crippen molar-refractivity contribution in [2.75, 3.05) is 18.8 Å². The van der Waals surface area contributed by atoms with Gasteiger partial charge in [-0.25, -0.2) is 8.42 Å². The number of likely N-dealkylation sites (tertiary alicyclic amines) is 1. The van der Waals surface area contributed by atoms with Gasteiger partial charge in [-0.1, -0.05) is 56.3 Å². The molecule has 1 amide bonds. The average molecular weight is 416 g/mol. The first kappa shape index (κ1) is 21.4. The molecule has 0 saturated carbocycles. The van der Waals surface area contributed by atoms with Crippen LogP contribution in [0.1, 0.15) is 31.4 Å². The molecule has 1 fully saturated rings. The Bertz CT molecular complexity index is 902. The van der Waals surface area contributed by atoms with Gasteiger partial charge >= 0.3 is 0 Å². The molecule has 1 aliphatic heterocycles. The molecule has 3 rings (SSSR count). The Morgan fingerprint density at radius 2 is 1.69 bits per heavy atom. The summed E-state index contributed by atoms with van der Waals surface area (Å²) in [6.07, 6.45) is 1.03. The van der Waals surface area contributed by atoms with Gasteiger partial charge in [0.2, 0.25) is 5.91 Å². The predicted octanol–water partition coefficient (Wildman–Crippen LogP) is 3.48. The molecular weight excluding hydrogens is 386 g/mol. The number of nitrogens with zero attached hydrogens (tertiary/aromatic N) is 1. The Labute approximate surface area is 173 Å². The molecule has 5 nitrogen and oxygen atoms in total. The lowest BCUT2D eigenvalue weighted by Gasteiger charge is -2.39. The molecule has 1 saturated heterocycles. The lowest BCUT2D eigenvalue weighted by Crippen LogP contribution is -2.57. The molecule has 1 heterocycles. The fraction of sp³-hybridized carbons (Fsp3) is 0.435. The summed E-state index contributed by atoms with van der Waals surface area (Å²) in [5.74, 6) is 1.12. The second-order valence-corrected chi connectivity index (χ2v) is 10.4. The molecule has 0 radical (unpaired) electrons. The maximum atomic E-state index is 12.3. The van der Waals surface area contributed by atoms with E-state index >= 15 is 0 Å². The van der Waals surface area contributed by atoms with Crippen molar-refractivity contribution >= 4 is 15.7 Å². The van der Waals surface area contributed by atoms with Crippen molar-refractivity contribution in [1.82, 2.24) is 4.90 Å². The molecule has 156 valence electrons. The second kappa shape index (κ2) is 9.44. The molecule has 0 spiro atoms. The minimum Gasteiger partial charge on any atom is -0.489 e. The minimum absolute atomic E-state index is 0.0189. The fourth-order valence-electron chi connectivity index (χ4n) is 3.37. The third kappa shape index (κ3) is 6.07. The van der Waals surface area contributed by atoms with Crippen LogP contribution in [0.2, 0.25) is 0 Å². The number of rotatable bonds is 9. The van der Waals surface area contributed by atoms with Crippen molar-refractivity contribution in [2.45, 2.75) is 38.5 Å². The summed E-state index contributed by atoms with van der Waals surface area (Å²) in [4.78, 5) is 14.0. The molecule has 1 aliphatic rings. The number of hydrogen-bond acceptors (Lipinski definition) is 4.